The first-order valence-electron chi connectivity index (χ1n) is 13.9. The van der Waals surface area contributed by atoms with Gasteiger partial charge >= 0.3 is 0 Å². The molecule has 1 atom stereocenters. The Bertz CT molecular complexity index is 405. The summed E-state index contributed by atoms with van der Waals surface area (Å²) in [5.41, 5.74) is -0.367. The van der Waals surface area contributed by atoms with E-state index in [1.54, 1.807) is 0 Å². The predicted molar refractivity (Wildman–Crippen MR) is 163 cm³/mol. The smallest absolute Gasteiger partial charge is 0.100 e. The van der Waals surface area contributed by atoms with Crippen LogP contribution in [0.5, 0.6) is 0 Å². The lowest BCUT2D eigenvalue weighted by molar-refractivity contribution is -0.0204. The number of aliphatic hydroxyl groups is 20. The molecule has 0 aliphatic heterocycles. The number of aliphatic hydroxyl groups excluding tert-OH is 20. The zero-order valence-electron chi connectivity index (χ0n) is 27.3. The summed E-state index contributed by atoms with van der Waals surface area (Å²) in [5, 5.41) is 162. The van der Waals surface area contributed by atoms with Crippen LogP contribution in [-0.4, -0.2) is 231 Å². The van der Waals surface area contributed by atoms with Gasteiger partial charge in [-0.05, 0) is 5.92 Å². The highest BCUT2D eigenvalue weighted by Gasteiger charge is 2.28. The van der Waals surface area contributed by atoms with Gasteiger partial charge in [0, 0.05) is 5.41 Å². The van der Waals surface area contributed by atoms with Crippen LogP contribution in [0.3, 0.4) is 0 Å². The molecule has 0 spiro atoms. The molecule has 0 amide bonds. The molecule has 0 saturated carbocycles. The second-order valence-corrected chi connectivity index (χ2v) is 9.95. The summed E-state index contributed by atoms with van der Waals surface area (Å²) in [6, 6.07) is 0. The summed E-state index contributed by atoms with van der Waals surface area (Å²) in [7, 11) is 0. The molecule has 0 heterocycles. The van der Waals surface area contributed by atoms with Gasteiger partial charge in [-0.3, -0.25) is 0 Å². The Balaban J connectivity index is -0.0000000780. The van der Waals surface area contributed by atoms with Crippen molar-refractivity contribution in [3.63, 3.8) is 0 Å². The Kier molecular flexibility index (Phi) is 60.9. The van der Waals surface area contributed by atoms with Gasteiger partial charge in [0.15, 0.2) is 0 Å². The minimum atomic E-state index is -0.954. The first-order chi connectivity index (χ1) is 21.3. The monoisotopic (exact) mass is 698 g/mol. The van der Waals surface area contributed by atoms with Gasteiger partial charge in [-0.2, -0.15) is 0 Å². The van der Waals surface area contributed by atoms with Gasteiger partial charge in [-0.25, -0.2) is 0 Å². The maximum atomic E-state index is 9.49. The van der Waals surface area contributed by atoms with Gasteiger partial charge < -0.3 is 102 Å². The third kappa shape index (κ3) is 58.7. The van der Waals surface area contributed by atoms with Crippen LogP contribution in [0.15, 0.2) is 0 Å². The molecule has 20 heteroatoms. The van der Waals surface area contributed by atoms with Gasteiger partial charge in [-0.1, -0.05) is 27.7 Å². The van der Waals surface area contributed by atoms with E-state index < -0.39 is 42.7 Å². The second kappa shape index (κ2) is 46.3. The summed E-state index contributed by atoms with van der Waals surface area (Å²) in [5.74, 6) is 0.210. The Hall–Kier alpha value is -0.800. The minimum Gasteiger partial charge on any atom is -0.396 e. The van der Waals surface area contributed by atoms with Crippen molar-refractivity contribution in [1.82, 2.24) is 0 Å². The maximum absolute atomic E-state index is 9.49. The molecule has 0 bridgehead atoms. The first-order valence-corrected chi connectivity index (χ1v) is 13.9. The molecule has 1 unspecified atom stereocenters. The second-order valence-electron chi connectivity index (χ2n) is 9.95. The molecule has 290 valence electrons. The molecule has 20 N–H and O–H groups in total. The van der Waals surface area contributed by atoms with Crippen molar-refractivity contribution in [2.75, 3.05) is 85.9 Å². The molecule has 20 nitrogen and oxygen atoms in total. The van der Waals surface area contributed by atoms with Crippen LogP contribution in [0, 0.1) is 11.3 Å². The van der Waals surface area contributed by atoms with Crippen LogP contribution < -0.4 is 0 Å². The highest BCUT2D eigenvalue weighted by atomic mass is 16.4. The molecule has 0 aromatic rings. The van der Waals surface area contributed by atoms with Crippen molar-refractivity contribution in [1.29, 1.82) is 0 Å². The van der Waals surface area contributed by atoms with Gasteiger partial charge in [0.2, 0.25) is 0 Å². The average Bonchev–Trinajstić information content (AvgIpc) is 3.10. The molecule has 0 aliphatic rings. The molecule has 46 heavy (non-hydrogen) atoms. The van der Waals surface area contributed by atoms with E-state index in [-0.39, 0.29) is 97.2 Å². The van der Waals surface area contributed by atoms with Gasteiger partial charge in [-0.15, -0.1) is 0 Å². The number of hydrogen-bond donors (Lipinski definition) is 20. The van der Waals surface area contributed by atoms with Crippen molar-refractivity contribution < 1.29 is 102 Å². The summed E-state index contributed by atoms with van der Waals surface area (Å²) in [6.07, 6.45) is -6.14. The van der Waals surface area contributed by atoms with E-state index in [1.807, 2.05) is 27.7 Å². The van der Waals surface area contributed by atoms with Crippen LogP contribution in [0.1, 0.15) is 27.7 Å². The molecule has 0 aromatic heterocycles. The van der Waals surface area contributed by atoms with Crippen molar-refractivity contribution in [3.8, 4) is 0 Å². The van der Waals surface area contributed by atoms with E-state index in [0.29, 0.717) is 0 Å². The fraction of sp³-hybridized carbons (Fsp3) is 1.00. The fourth-order valence-electron chi connectivity index (χ4n) is 1.34. The highest BCUT2D eigenvalue weighted by molar-refractivity contribution is 4.78. The fourth-order valence-corrected chi connectivity index (χ4v) is 1.34. The van der Waals surface area contributed by atoms with Crippen molar-refractivity contribution in [3.05, 3.63) is 0 Å². The van der Waals surface area contributed by atoms with E-state index in [4.69, 9.17) is 97.0 Å². The molecule has 0 aromatic carbocycles. The van der Waals surface area contributed by atoms with E-state index >= 15 is 0 Å². The third-order valence-electron chi connectivity index (χ3n) is 4.37. The van der Waals surface area contributed by atoms with E-state index in [0.717, 1.165) is 0 Å². The molecular formula is C26H66O20. The van der Waals surface area contributed by atoms with E-state index in [2.05, 4.69) is 0 Å². The Labute approximate surface area is 270 Å². The van der Waals surface area contributed by atoms with Crippen molar-refractivity contribution in [2.45, 2.75) is 70.4 Å². The van der Waals surface area contributed by atoms with Gasteiger partial charge in [0.1, 0.15) is 36.6 Å². The van der Waals surface area contributed by atoms with E-state index in [9.17, 15) is 5.11 Å². The molecule has 0 rings (SSSR count). The zero-order valence-corrected chi connectivity index (χ0v) is 27.3. The molecule has 0 saturated heterocycles. The van der Waals surface area contributed by atoms with Crippen LogP contribution in [-0.2, 0) is 0 Å². The Morgan fingerprint density at radius 1 is 0.326 bits per heavy atom. The quantitative estimate of drug-likeness (QED) is 0.0754. The highest BCUT2D eigenvalue weighted by Crippen LogP contribution is 2.24. The first kappa shape index (κ1) is 60.5. The standard InChI is InChI=1S/C8H18O2.6C3H8O3/c1-6(2)7(10)8(3,4)5-9;6*4-1-3(6)2-5/h6-7,9-10H,5H2,1-4H3;6*3-6H,1-2H2. The predicted octanol–water partition coefficient (Wildman–Crippen LogP) is -8.99. The minimum absolute atomic E-state index is 0.0341. The largest absolute Gasteiger partial charge is 0.396 e. The normalized spacial score (nSPS) is 11.3. The van der Waals surface area contributed by atoms with Crippen LogP contribution in [0.25, 0.3) is 0 Å². The summed E-state index contributed by atoms with van der Waals surface area (Å²) in [6.45, 7) is 3.27. The van der Waals surface area contributed by atoms with Crippen molar-refractivity contribution in [2.24, 2.45) is 11.3 Å². The molecular weight excluding hydrogens is 632 g/mol. The number of hydrogen-bond acceptors (Lipinski definition) is 20. The molecule has 0 fully saturated rings. The average molecular weight is 699 g/mol. The number of rotatable bonds is 15. The summed E-state index contributed by atoms with van der Waals surface area (Å²) >= 11 is 0. The third-order valence-corrected chi connectivity index (χ3v) is 4.37. The lowest BCUT2D eigenvalue weighted by atomic mass is 9.82. The van der Waals surface area contributed by atoms with Crippen molar-refractivity contribution >= 4 is 0 Å². The zero-order chi connectivity index (χ0) is 38.3. The van der Waals surface area contributed by atoms with Gasteiger partial charge in [0.05, 0.1) is 92.0 Å². The lowest BCUT2D eigenvalue weighted by Crippen LogP contribution is -2.36. The molecule has 0 aliphatic carbocycles. The topological polar surface area (TPSA) is 405 Å². The van der Waals surface area contributed by atoms with E-state index in [1.165, 1.54) is 0 Å². The molecule has 0 radical (unpaired) electrons. The summed E-state index contributed by atoms with van der Waals surface area (Å²) < 4.78 is 0. The van der Waals surface area contributed by atoms with Crippen LogP contribution >= 0.6 is 0 Å². The SMILES string of the molecule is CC(C)C(O)C(C)(C)CO.OCC(O)CO.OCC(O)CO.OCC(O)CO.OCC(O)CO.OCC(O)CO.OCC(O)CO. The maximum Gasteiger partial charge on any atom is 0.100 e. The Morgan fingerprint density at radius 2 is 0.457 bits per heavy atom. The van der Waals surface area contributed by atoms with Crippen LogP contribution in [0.4, 0.5) is 0 Å². The Morgan fingerprint density at radius 3 is 0.478 bits per heavy atom. The lowest BCUT2D eigenvalue weighted by Gasteiger charge is -2.30. The summed E-state index contributed by atoms with van der Waals surface area (Å²) in [4.78, 5) is 0. The van der Waals surface area contributed by atoms with Gasteiger partial charge in [0.25, 0.3) is 0 Å². The van der Waals surface area contributed by atoms with Crippen LogP contribution in [0.2, 0.25) is 0 Å².